The Bertz CT molecular complexity index is 369. The fourth-order valence-corrected chi connectivity index (χ4v) is 3.24. The Hall–Kier alpha value is -0.870. The topological polar surface area (TPSA) is 39.1 Å². The van der Waals surface area contributed by atoms with E-state index < -0.39 is 0 Å². The maximum absolute atomic E-state index is 5.11. The van der Waals surface area contributed by atoms with Gasteiger partial charge >= 0.3 is 0 Å². The van der Waals surface area contributed by atoms with E-state index in [0.717, 1.165) is 26.1 Å². The van der Waals surface area contributed by atoms with Crippen LogP contribution in [0.3, 0.4) is 0 Å². The highest BCUT2D eigenvalue weighted by molar-refractivity contribution is 5.08. The molecule has 0 unspecified atom stereocenters. The molecular weight excluding hydrogens is 238 g/mol. The molecule has 0 aliphatic heterocycles. The Labute approximate surface area is 116 Å². The molecule has 4 nitrogen and oxygen atoms in total. The minimum absolute atomic E-state index is 0.426. The summed E-state index contributed by atoms with van der Waals surface area (Å²) >= 11 is 0. The van der Waals surface area contributed by atoms with Crippen molar-refractivity contribution in [1.29, 1.82) is 0 Å². The summed E-state index contributed by atoms with van der Waals surface area (Å²) in [4.78, 5) is 0. The molecule has 1 saturated carbocycles. The van der Waals surface area contributed by atoms with Gasteiger partial charge in [-0.25, -0.2) is 0 Å². The van der Waals surface area contributed by atoms with Crippen molar-refractivity contribution in [3.63, 3.8) is 0 Å². The zero-order valence-electron chi connectivity index (χ0n) is 12.3. The Balaban J connectivity index is 1.93. The molecule has 108 valence electrons. The minimum atomic E-state index is 0.426. The van der Waals surface area contributed by atoms with Crippen molar-refractivity contribution in [3.05, 3.63) is 18.0 Å². The van der Waals surface area contributed by atoms with Gasteiger partial charge in [-0.2, -0.15) is 5.10 Å². The van der Waals surface area contributed by atoms with Crippen molar-refractivity contribution in [2.24, 2.45) is 12.5 Å². The molecule has 4 heteroatoms. The number of hydrogen-bond acceptors (Lipinski definition) is 3. The first kappa shape index (κ1) is 14.5. The second-order valence-electron chi connectivity index (χ2n) is 5.93. The highest BCUT2D eigenvalue weighted by Crippen LogP contribution is 2.38. The zero-order valence-corrected chi connectivity index (χ0v) is 12.3. The number of rotatable bonds is 7. The molecule has 1 aromatic heterocycles. The van der Waals surface area contributed by atoms with E-state index in [1.807, 2.05) is 17.9 Å². The number of aryl methyl sites for hydroxylation is 1. The molecule has 1 fully saturated rings. The van der Waals surface area contributed by atoms with Crippen molar-refractivity contribution < 1.29 is 4.74 Å². The summed E-state index contributed by atoms with van der Waals surface area (Å²) in [5.74, 6) is 0. The van der Waals surface area contributed by atoms with Crippen LogP contribution >= 0.6 is 0 Å². The van der Waals surface area contributed by atoms with E-state index in [4.69, 9.17) is 4.74 Å². The zero-order chi connectivity index (χ0) is 13.6. The summed E-state index contributed by atoms with van der Waals surface area (Å²) in [6.45, 7) is 2.85. The van der Waals surface area contributed by atoms with Crippen LogP contribution in [-0.2, 0) is 18.2 Å². The van der Waals surface area contributed by atoms with E-state index in [-0.39, 0.29) is 0 Å². The van der Waals surface area contributed by atoms with Gasteiger partial charge in [-0.1, -0.05) is 19.3 Å². The van der Waals surface area contributed by atoms with E-state index in [9.17, 15) is 0 Å². The van der Waals surface area contributed by atoms with Crippen molar-refractivity contribution in [1.82, 2.24) is 15.1 Å². The quantitative estimate of drug-likeness (QED) is 0.768. The lowest BCUT2D eigenvalue weighted by molar-refractivity contribution is 0.162. The molecule has 1 aliphatic rings. The summed E-state index contributed by atoms with van der Waals surface area (Å²) < 4.78 is 7.02. The standard InChI is InChI=1S/C15H27N3O/c1-18-12-14(11-17-18)10-15(6-4-3-5-7-15)13-16-8-9-19-2/h11-12,16H,3-10,13H2,1-2H3. The van der Waals surface area contributed by atoms with Crippen LogP contribution < -0.4 is 5.32 Å². The lowest BCUT2D eigenvalue weighted by Gasteiger charge is -2.37. The first-order chi connectivity index (χ1) is 9.24. The molecule has 0 atom stereocenters. The van der Waals surface area contributed by atoms with Crippen LogP contribution in [-0.4, -0.2) is 36.6 Å². The molecule has 0 aromatic carbocycles. The van der Waals surface area contributed by atoms with Gasteiger partial charge in [0.15, 0.2) is 0 Å². The summed E-state index contributed by atoms with van der Waals surface area (Å²) in [6.07, 6.45) is 12.1. The van der Waals surface area contributed by atoms with Crippen molar-refractivity contribution in [2.45, 2.75) is 38.5 Å². The summed E-state index contributed by atoms with van der Waals surface area (Å²) in [6, 6.07) is 0. The molecule has 2 rings (SSSR count). The molecule has 0 saturated heterocycles. The maximum Gasteiger partial charge on any atom is 0.0587 e. The van der Waals surface area contributed by atoms with Crippen LogP contribution in [0.5, 0.6) is 0 Å². The van der Waals surface area contributed by atoms with Crippen LogP contribution in [0.15, 0.2) is 12.4 Å². The van der Waals surface area contributed by atoms with Crippen LogP contribution in [0.25, 0.3) is 0 Å². The molecule has 0 bridgehead atoms. The molecular formula is C15H27N3O. The van der Waals surface area contributed by atoms with Gasteiger partial charge in [-0.3, -0.25) is 4.68 Å². The van der Waals surface area contributed by atoms with Gasteiger partial charge < -0.3 is 10.1 Å². The van der Waals surface area contributed by atoms with Crippen LogP contribution in [0.2, 0.25) is 0 Å². The van der Waals surface area contributed by atoms with E-state index in [1.54, 1.807) is 7.11 Å². The first-order valence-electron chi connectivity index (χ1n) is 7.41. The highest BCUT2D eigenvalue weighted by Gasteiger charge is 2.32. The van der Waals surface area contributed by atoms with Crippen molar-refractivity contribution in [3.8, 4) is 0 Å². The lowest BCUT2D eigenvalue weighted by Crippen LogP contribution is -2.39. The third-order valence-corrected chi connectivity index (χ3v) is 4.23. The number of nitrogens with zero attached hydrogens (tertiary/aromatic N) is 2. The highest BCUT2D eigenvalue weighted by atomic mass is 16.5. The van der Waals surface area contributed by atoms with Gasteiger partial charge in [0, 0.05) is 33.4 Å². The van der Waals surface area contributed by atoms with Crippen LogP contribution in [0.1, 0.15) is 37.7 Å². The van der Waals surface area contributed by atoms with Gasteiger partial charge in [-0.15, -0.1) is 0 Å². The summed E-state index contributed by atoms with van der Waals surface area (Å²) in [7, 11) is 3.75. The van der Waals surface area contributed by atoms with Gasteiger partial charge in [0.2, 0.25) is 0 Å². The average molecular weight is 265 g/mol. The second-order valence-corrected chi connectivity index (χ2v) is 5.93. The molecule has 19 heavy (non-hydrogen) atoms. The van der Waals surface area contributed by atoms with Gasteiger partial charge in [0.05, 0.1) is 12.8 Å². The largest absolute Gasteiger partial charge is 0.383 e. The average Bonchev–Trinajstić information content (AvgIpc) is 2.81. The predicted molar refractivity (Wildman–Crippen MR) is 77.2 cm³/mol. The number of aromatic nitrogens is 2. The Morgan fingerprint density at radius 1 is 1.37 bits per heavy atom. The third kappa shape index (κ3) is 4.32. The van der Waals surface area contributed by atoms with E-state index >= 15 is 0 Å². The van der Waals surface area contributed by atoms with Gasteiger partial charge in [0.25, 0.3) is 0 Å². The lowest BCUT2D eigenvalue weighted by atomic mass is 9.70. The Morgan fingerprint density at radius 3 is 2.79 bits per heavy atom. The van der Waals surface area contributed by atoms with Gasteiger partial charge in [-0.05, 0) is 30.2 Å². The van der Waals surface area contributed by atoms with Crippen molar-refractivity contribution in [2.75, 3.05) is 26.8 Å². The molecule has 1 N–H and O–H groups in total. The number of methoxy groups -OCH3 is 1. The monoisotopic (exact) mass is 265 g/mol. The fourth-order valence-electron chi connectivity index (χ4n) is 3.24. The summed E-state index contributed by atoms with van der Waals surface area (Å²) in [5, 5.41) is 7.87. The smallest absolute Gasteiger partial charge is 0.0587 e. The van der Waals surface area contributed by atoms with Crippen molar-refractivity contribution >= 4 is 0 Å². The van der Waals surface area contributed by atoms with Crippen LogP contribution in [0, 0.1) is 5.41 Å². The molecule has 1 heterocycles. The molecule has 1 aromatic rings. The third-order valence-electron chi connectivity index (χ3n) is 4.23. The summed E-state index contributed by atoms with van der Waals surface area (Å²) in [5.41, 5.74) is 1.80. The number of hydrogen-bond donors (Lipinski definition) is 1. The fraction of sp³-hybridized carbons (Fsp3) is 0.800. The minimum Gasteiger partial charge on any atom is -0.383 e. The molecule has 1 aliphatic carbocycles. The number of ether oxygens (including phenoxy) is 1. The Morgan fingerprint density at radius 2 is 2.16 bits per heavy atom. The Kier molecular flexibility index (Phi) is 5.40. The second kappa shape index (κ2) is 7.06. The molecule has 0 amide bonds. The van der Waals surface area contributed by atoms with E-state index in [1.165, 1.54) is 37.7 Å². The number of nitrogens with one attached hydrogen (secondary N) is 1. The first-order valence-corrected chi connectivity index (χ1v) is 7.41. The SMILES string of the molecule is COCCNCC1(Cc2cnn(C)c2)CCCCC1. The molecule has 0 radical (unpaired) electrons. The molecule has 0 spiro atoms. The normalized spacial score (nSPS) is 18.6. The van der Waals surface area contributed by atoms with Crippen LogP contribution in [0.4, 0.5) is 0 Å². The predicted octanol–water partition coefficient (Wildman–Crippen LogP) is 2.15. The van der Waals surface area contributed by atoms with E-state index in [0.29, 0.717) is 5.41 Å². The van der Waals surface area contributed by atoms with Gasteiger partial charge in [0.1, 0.15) is 0 Å². The van der Waals surface area contributed by atoms with E-state index in [2.05, 4.69) is 16.6 Å². The maximum atomic E-state index is 5.11.